The van der Waals surface area contributed by atoms with Crippen LogP contribution in [0.1, 0.15) is 25.3 Å². The third-order valence-corrected chi connectivity index (χ3v) is 7.07. The first-order valence-corrected chi connectivity index (χ1v) is 13.6. The van der Waals surface area contributed by atoms with E-state index in [4.69, 9.17) is 9.47 Å². The predicted octanol–water partition coefficient (Wildman–Crippen LogP) is 3.08. The number of rotatable bonds is 7. The van der Waals surface area contributed by atoms with Gasteiger partial charge >= 0.3 is 0 Å². The highest BCUT2D eigenvalue weighted by molar-refractivity contribution is 5.80. The van der Waals surface area contributed by atoms with Gasteiger partial charge in [-0.15, -0.1) is 0 Å². The Morgan fingerprint density at radius 3 is 2.78 bits per heavy atom. The molecule has 3 atom stereocenters. The van der Waals surface area contributed by atoms with Gasteiger partial charge in [0.25, 0.3) is 5.91 Å². The van der Waals surface area contributed by atoms with Gasteiger partial charge in [0.05, 0.1) is 18.7 Å². The summed E-state index contributed by atoms with van der Waals surface area (Å²) in [5.74, 6) is 0.436. The fourth-order valence-electron chi connectivity index (χ4n) is 4.89. The van der Waals surface area contributed by atoms with Crippen molar-refractivity contribution in [1.82, 2.24) is 19.9 Å². The average Bonchev–Trinajstić information content (AvgIpc) is 3.28. The van der Waals surface area contributed by atoms with Gasteiger partial charge in [-0.1, -0.05) is 0 Å². The summed E-state index contributed by atoms with van der Waals surface area (Å²) in [4.78, 5) is 28.6. The molecule has 3 aromatic rings. The van der Waals surface area contributed by atoms with Gasteiger partial charge in [-0.3, -0.25) is 4.79 Å². The maximum atomic E-state index is 14.8. The van der Waals surface area contributed by atoms with E-state index in [2.05, 4.69) is 31.2 Å². The summed E-state index contributed by atoms with van der Waals surface area (Å²) in [6.07, 6.45) is -0.837. The van der Waals surface area contributed by atoms with Gasteiger partial charge in [-0.05, 0) is 55.8 Å². The molecule has 2 fully saturated rings. The van der Waals surface area contributed by atoms with Crippen molar-refractivity contribution >= 4 is 23.2 Å². The second kappa shape index (κ2) is 12.9. The molecular weight excluding hydrogens is 529 g/mol. The number of aliphatic hydroxyl groups is 1. The minimum Gasteiger partial charge on any atom is -0.486 e. The van der Waals surface area contributed by atoms with Crippen molar-refractivity contribution in [1.29, 1.82) is 5.26 Å². The molecule has 2 aromatic carbocycles. The van der Waals surface area contributed by atoms with Crippen LogP contribution in [0.15, 0.2) is 48.8 Å². The molecule has 0 spiro atoms. The minimum atomic E-state index is -1.46. The number of benzene rings is 2. The zero-order valence-electron chi connectivity index (χ0n) is 22.7. The third-order valence-electron chi connectivity index (χ3n) is 7.07. The number of halogens is 1. The number of ether oxygens (including phenoxy) is 2. The lowest BCUT2D eigenvalue weighted by Crippen LogP contribution is -2.51. The van der Waals surface area contributed by atoms with Gasteiger partial charge in [-0.25, -0.2) is 14.4 Å². The topological polar surface area (TPSA) is 137 Å². The first-order valence-electron chi connectivity index (χ1n) is 13.6. The molecular formula is C29H32FN7O4. The number of aromatic nitrogens is 3. The lowest BCUT2D eigenvalue weighted by molar-refractivity contribution is -0.143. The molecule has 5 rings (SSSR count). The monoisotopic (exact) mass is 561 g/mol. The van der Waals surface area contributed by atoms with Crippen molar-refractivity contribution < 1.29 is 23.8 Å². The molecule has 1 aromatic heterocycles. The van der Waals surface area contributed by atoms with Gasteiger partial charge in [0.2, 0.25) is 5.95 Å². The molecule has 2 N–H and O–H groups in total. The number of alkyl halides is 1. The Bertz CT molecular complexity index is 1390. The third kappa shape index (κ3) is 6.87. The zero-order chi connectivity index (χ0) is 28.8. The number of amides is 1. The number of nitriles is 1. The molecule has 0 bridgehead atoms. The van der Waals surface area contributed by atoms with Crippen LogP contribution in [0.2, 0.25) is 0 Å². The summed E-state index contributed by atoms with van der Waals surface area (Å²) in [6, 6.07) is 15.0. The van der Waals surface area contributed by atoms with Gasteiger partial charge in [0.15, 0.2) is 12.0 Å². The fourth-order valence-corrected chi connectivity index (χ4v) is 4.89. The van der Waals surface area contributed by atoms with Crippen LogP contribution in [0.4, 0.5) is 21.7 Å². The predicted molar refractivity (Wildman–Crippen MR) is 150 cm³/mol. The molecule has 1 amide bonds. The normalized spacial score (nSPS) is 20.0. The Balaban J connectivity index is 1.25. The van der Waals surface area contributed by atoms with Crippen molar-refractivity contribution in [3.63, 3.8) is 0 Å². The van der Waals surface area contributed by atoms with E-state index in [9.17, 15) is 19.6 Å². The summed E-state index contributed by atoms with van der Waals surface area (Å²) < 4.78 is 26.2. The van der Waals surface area contributed by atoms with Crippen molar-refractivity contribution in [3.05, 3.63) is 54.4 Å². The molecule has 0 radical (unpaired) electrons. The summed E-state index contributed by atoms with van der Waals surface area (Å²) >= 11 is 0. The molecule has 3 heterocycles. The summed E-state index contributed by atoms with van der Waals surface area (Å²) in [5.41, 5.74) is 2.73. The maximum Gasteiger partial charge on any atom is 0.251 e. The fraction of sp³-hybridized carbons (Fsp3) is 0.414. The van der Waals surface area contributed by atoms with Crippen LogP contribution in [0.25, 0.3) is 11.4 Å². The summed E-state index contributed by atoms with van der Waals surface area (Å²) in [7, 11) is 0. The van der Waals surface area contributed by atoms with E-state index < -0.39 is 24.3 Å². The van der Waals surface area contributed by atoms with E-state index in [0.29, 0.717) is 17.3 Å². The number of hydrogen-bond donors (Lipinski definition) is 2. The van der Waals surface area contributed by atoms with Crippen molar-refractivity contribution in [3.8, 4) is 23.2 Å². The molecule has 41 heavy (non-hydrogen) atoms. The number of anilines is 3. The van der Waals surface area contributed by atoms with Crippen molar-refractivity contribution in [2.24, 2.45) is 0 Å². The van der Waals surface area contributed by atoms with Crippen LogP contribution in [0.3, 0.4) is 0 Å². The highest BCUT2D eigenvalue weighted by atomic mass is 19.1. The highest BCUT2D eigenvalue weighted by Gasteiger charge is 2.34. The summed E-state index contributed by atoms with van der Waals surface area (Å²) in [6.45, 7) is 4.76. The number of nitrogens with zero attached hydrogens (tertiary/aromatic N) is 6. The average molecular weight is 562 g/mol. The quantitative estimate of drug-likeness (QED) is 0.443. The lowest BCUT2D eigenvalue weighted by atomic mass is 10.0. The number of piperidine rings is 1. The number of nitrogens with one attached hydrogen (secondary N) is 1. The summed E-state index contributed by atoms with van der Waals surface area (Å²) in [5, 5.41) is 22.5. The minimum absolute atomic E-state index is 0.176. The molecule has 1 unspecified atom stereocenters. The number of carbonyl (C=O) groups excluding carboxylic acids is 1. The number of likely N-dealkylation sites (tertiary alicyclic amines) is 1. The van der Waals surface area contributed by atoms with Gasteiger partial charge in [-0.2, -0.15) is 10.2 Å². The Morgan fingerprint density at radius 2 is 2.02 bits per heavy atom. The number of carbonyl (C=O) groups is 1. The SMILES string of the molecule is C[C@H](O)C(=O)N1CCC(Oc2ccc(-c3ncnc(Nc4ccc(N5CCCOCC5)cc4)n3)cc2C#N)[C@H](F)C1. The molecule has 0 saturated carbocycles. The van der Waals surface area contributed by atoms with Crippen LogP contribution >= 0.6 is 0 Å². The smallest absolute Gasteiger partial charge is 0.251 e. The molecule has 2 saturated heterocycles. The van der Waals surface area contributed by atoms with Crippen LogP contribution in [0, 0.1) is 11.3 Å². The number of hydrogen-bond acceptors (Lipinski definition) is 10. The lowest BCUT2D eigenvalue weighted by Gasteiger charge is -2.35. The Kier molecular flexibility index (Phi) is 8.86. The van der Waals surface area contributed by atoms with Gasteiger partial charge < -0.3 is 29.7 Å². The Labute approximate surface area is 237 Å². The van der Waals surface area contributed by atoms with E-state index >= 15 is 0 Å². The molecule has 214 valence electrons. The Morgan fingerprint density at radius 1 is 1.20 bits per heavy atom. The van der Waals surface area contributed by atoms with E-state index in [-0.39, 0.29) is 30.8 Å². The zero-order valence-corrected chi connectivity index (χ0v) is 22.7. The van der Waals surface area contributed by atoms with E-state index in [1.54, 1.807) is 18.2 Å². The van der Waals surface area contributed by atoms with E-state index in [0.717, 1.165) is 44.1 Å². The number of aliphatic hydroxyl groups excluding tert-OH is 1. The van der Waals surface area contributed by atoms with Crippen molar-refractivity contribution in [2.45, 2.75) is 38.1 Å². The van der Waals surface area contributed by atoms with E-state index in [1.165, 1.54) is 18.2 Å². The molecule has 0 aliphatic carbocycles. The Hall–Kier alpha value is -4.34. The van der Waals surface area contributed by atoms with Crippen LogP contribution in [-0.4, -0.2) is 88.6 Å². The molecule has 12 heteroatoms. The molecule has 11 nitrogen and oxygen atoms in total. The maximum absolute atomic E-state index is 14.8. The standard InChI is InChI=1S/C29H32FN7O4/c1-19(38)28(39)37-11-9-26(24(30)17-37)41-25-8-3-20(15-21(25)16-31)27-32-18-33-29(35-27)34-22-4-6-23(7-5-22)36-10-2-13-40-14-12-36/h3-8,15,18-19,24,26,38H,2,9-14,17H2,1H3,(H,32,33,34,35)/t19-,24+,26?/m0/s1. The molecule has 2 aliphatic rings. The van der Waals surface area contributed by atoms with Gasteiger partial charge in [0.1, 0.15) is 30.4 Å². The largest absolute Gasteiger partial charge is 0.486 e. The van der Waals surface area contributed by atoms with Gasteiger partial charge in [0, 0.05) is 49.6 Å². The second-order valence-corrected chi connectivity index (χ2v) is 10.0. The first-order chi connectivity index (χ1) is 19.9. The van der Waals surface area contributed by atoms with Crippen molar-refractivity contribution in [2.75, 3.05) is 49.6 Å². The van der Waals surface area contributed by atoms with E-state index in [1.807, 2.05) is 24.3 Å². The molecule has 2 aliphatic heterocycles. The highest BCUT2D eigenvalue weighted by Crippen LogP contribution is 2.29. The first kappa shape index (κ1) is 28.2. The van der Waals surface area contributed by atoms with Crippen LogP contribution in [-0.2, 0) is 9.53 Å². The van der Waals surface area contributed by atoms with Crippen LogP contribution in [0.5, 0.6) is 5.75 Å². The second-order valence-electron chi connectivity index (χ2n) is 10.0. The van der Waals surface area contributed by atoms with Crippen LogP contribution < -0.4 is 15.0 Å².